The molecule has 10 heteroatoms. The van der Waals surface area contributed by atoms with Gasteiger partial charge in [-0.25, -0.2) is 8.97 Å². The zero-order valence-corrected chi connectivity index (χ0v) is 19.6. The highest BCUT2D eigenvalue weighted by Gasteiger charge is 2.30. The molecule has 0 bridgehead atoms. The monoisotopic (exact) mass is 469 g/mol. The van der Waals surface area contributed by atoms with Crippen molar-refractivity contribution in [2.75, 3.05) is 5.75 Å². The Morgan fingerprint density at radius 2 is 2.06 bits per heavy atom. The predicted octanol–water partition coefficient (Wildman–Crippen LogP) is 3.08. The van der Waals surface area contributed by atoms with Crippen molar-refractivity contribution in [3.05, 3.63) is 50.6 Å². The molecule has 0 radical (unpaired) electrons. The second-order valence-electron chi connectivity index (χ2n) is 8.33. The molecule has 1 atom stereocenters. The summed E-state index contributed by atoms with van der Waals surface area (Å²) in [5, 5.41) is 9.84. The van der Waals surface area contributed by atoms with Crippen LogP contribution in [0.3, 0.4) is 0 Å². The van der Waals surface area contributed by atoms with E-state index in [1.54, 1.807) is 4.57 Å². The number of thioether (sulfide) groups is 1. The van der Waals surface area contributed by atoms with Gasteiger partial charge in [0.2, 0.25) is 11.7 Å². The molecule has 4 aromatic rings. The highest BCUT2D eigenvalue weighted by molar-refractivity contribution is 7.99. The molecule has 0 saturated heterocycles. The van der Waals surface area contributed by atoms with Crippen LogP contribution < -0.4 is 11.3 Å². The minimum atomic E-state index is -0.437. The molecule has 1 aromatic carbocycles. The number of aryl methyl sites for hydroxylation is 1. The van der Waals surface area contributed by atoms with Gasteiger partial charge in [0.1, 0.15) is 4.83 Å². The summed E-state index contributed by atoms with van der Waals surface area (Å²) < 4.78 is 9.54. The van der Waals surface area contributed by atoms with Crippen LogP contribution in [0, 0.1) is 12.8 Å². The van der Waals surface area contributed by atoms with Crippen molar-refractivity contribution in [2.24, 2.45) is 11.7 Å². The average Bonchev–Trinajstić information content (AvgIpc) is 3.34. The smallest absolute Gasteiger partial charge is 0.268 e. The van der Waals surface area contributed by atoms with Gasteiger partial charge in [0.25, 0.3) is 5.56 Å². The molecule has 166 valence electrons. The topological polar surface area (TPSA) is 105 Å². The molecule has 0 aliphatic carbocycles. The third kappa shape index (κ3) is 3.42. The second kappa shape index (κ2) is 8.02. The van der Waals surface area contributed by atoms with E-state index in [9.17, 15) is 9.59 Å². The molecule has 8 nitrogen and oxygen atoms in total. The number of hydrogen-bond acceptors (Lipinski definition) is 7. The quantitative estimate of drug-likeness (QED) is 0.451. The molecule has 0 fully saturated rings. The first-order chi connectivity index (χ1) is 15.3. The molecule has 0 unspecified atom stereocenters. The maximum absolute atomic E-state index is 13.9. The number of rotatable bonds is 5. The molecule has 2 N–H and O–H groups in total. The number of nitrogens with two attached hydrogens (primary N) is 1. The Morgan fingerprint density at radius 1 is 1.31 bits per heavy atom. The van der Waals surface area contributed by atoms with Crippen LogP contribution in [-0.2, 0) is 22.6 Å². The van der Waals surface area contributed by atoms with Crippen molar-refractivity contribution >= 4 is 45.0 Å². The van der Waals surface area contributed by atoms with Crippen molar-refractivity contribution in [3.63, 3.8) is 0 Å². The molecule has 1 aliphatic rings. The Hall–Kier alpha value is -2.69. The highest BCUT2D eigenvalue weighted by atomic mass is 32.2. The Kier molecular flexibility index (Phi) is 5.31. The number of hydrogen-bond donors (Lipinski definition) is 1. The largest absolute Gasteiger partial charge is 0.372 e. The van der Waals surface area contributed by atoms with Crippen LogP contribution in [0.1, 0.15) is 29.9 Å². The summed E-state index contributed by atoms with van der Waals surface area (Å²) in [7, 11) is 0. The fourth-order valence-corrected chi connectivity index (χ4v) is 5.99. The lowest BCUT2D eigenvalue weighted by Crippen LogP contribution is -2.28. The van der Waals surface area contributed by atoms with Crippen LogP contribution in [0.4, 0.5) is 0 Å². The molecule has 32 heavy (non-hydrogen) atoms. The number of carbonyl (C=O) groups excluding carboxylic acids is 1. The van der Waals surface area contributed by atoms with Gasteiger partial charge in [0.05, 0.1) is 29.5 Å². The van der Waals surface area contributed by atoms with Crippen LogP contribution in [0.25, 0.3) is 21.7 Å². The average molecular weight is 470 g/mol. The first-order valence-electron chi connectivity index (χ1n) is 10.4. The summed E-state index contributed by atoms with van der Waals surface area (Å²) in [6.07, 6.45) is 0.751. The Labute approximate surface area is 192 Å². The van der Waals surface area contributed by atoms with E-state index in [2.05, 4.69) is 24.0 Å². The highest BCUT2D eigenvalue weighted by Crippen LogP contribution is 2.37. The summed E-state index contributed by atoms with van der Waals surface area (Å²) in [5.74, 6) is 0.403. The van der Waals surface area contributed by atoms with Crippen LogP contribution in [0.15, 0.2) is 34.2 Å². The van der Waals surface area contributed by atoms with Crippen molar-refractivity contribution < 1.29 is 9.53 Å². The zero-order valence-electron chi connectivity index (χ0n) is 18.0. The van der Waals surface area contributed by atoms with E-state index in [1.165, 1.54) is 23.1 Å². The first kappa shape index (κ1) is 21.2. The summed E-state index contributed by atoms with van der Waals surface area (Å²) in [6, 6.07) is 7.75. The summed E-state index contributed by atoms with van der Waals surface area (Å²) in [4.78, 5) is 27.1. The fraction of sp³-hybridized carbons (Fsp3) is 0.364. The van der Waals surface area contributed by atoms with Gasteiger partial charge in [0.15, 0.2) is 5.16 Å². The molecule has 3 aromatic heterocycles. The van der Waals surface area contributed by atoms with Crippen LogP contribution in [0.5, 0.6) is 0 Å². The normalized spacial score (nSPS) is 16.2. The van der Waals surface area contributed by atoms with Crippen LogP contribution >= 0.6 is 23.1 Å². The number of ether oxygens (including phenoxy) is 1. The number of benzene rings is 1. The van der Waals surface area contributed by atoms with Crippen molar-refractivity contribution in [1.82, 2.24) is 19.2 Å². The lowest BCUT2D eigenvalue weighted by atomic mass is 9.96. The maximum Gasteiger partial charge on any atom is 0.268 e. The van der Waals surface area contributed by atoms with Crippen molar-refractivity contribution in [3.8, 4) is 5.69 Å². The molecular weight excluding hydrogens is 446 g/mol. The number of fused-ring (bicyclic) bond motifs is 5. The zero-order chi connectivity index (χ0) is 22.6. The minimum Gasteiger partial charge on any atom is -0.372 e. The van der Waals surface area contributed by atoms with E-state index in [0.717, 1.165) is 26.5 Å². The van der Waals surface area contributed by atoms with Gasteiger partial charge >= 0.3 is 0 Å². The van der Waals surface area contributed by atoms with Gasteiger partial charge in [-0.2, -0.15) is 0 Å². The molecular formula is C22H23N5O3S2. The number of nitrogens with zero attached hydrogens (tertiary/aromatic N) is 4. The molecule has 5 rings (SSSR count). The molecule has 0 saturated carbocycles. The number of primary amides is 1. The van der Waals surface area contributed by atoms with E-state index < -0.39 is 5.91 Å². The van der Waals surface area contributed by atoms with Gasteiger partial charge in [-0.1, -0.05) is 43.3 Å². The maximum atomic E-state index is 13.9. The summed E-state index contributed by atoms with van der Waals surface area (Å²) >= 11 is 2.75. The van der Waals surface area contributed by atoms with Crippen LogP contribution in [0.2, 0.25) is 0 Å². The van der Waals surface area contributed by atoms with Crippen molar-refractivity contribution in [1.29, 1.82) is 0 Å². The third-order valence-corrected chi connectivity index (χ3v) is 7.86. The lowest BCUT2D eigenvalue weighted by molar-refractivity contribution is -0.115. The Bertz CT molecular complexity index is 1400. The van der Waals surface area contributed by atoms with Crippen LogP contribution in [-0.4, -0.2) is 36.9 Å². The van der Waals surface area contributed by atoms with Gasteiger partial charge in [0, 0.05) is 11.3 Å². The first-order valence-corrected chi connectivity index (χ1v) is 12.2. The number of amides is 1. The van der Waals surface area contributed by atoms with Gasteiger partial charge in [-0.3, -0.25) is 9.59 Å². The van der Waals surface area contributed by atoms with E-state index in [-0.39, 0.29) is 17.4 Å². The van der Waals surface area contributed by atoms with E-state index >= 15 is 0 Å². The minimum absolute atomic E-state index is 0.0628. The standard InChI is InChI=1S/C22H23N5O3S2/c1-11(2)15-8-14-16(9-30-15)32-20-18(14)19(29)26(13-6-4-12(3)5-7-13)21-24-25-22(27(20)21)31-10-17(23)28/h4-7,11,15H,8-10H2,1-3H3,(H2,23,28)/t15-/m1/s1. The van der Waals surface area contributed by atoms with Gasteiger partial charge in [-0.05, 0) is 30.5 Å². The molecule has 4 heterocycles. The number of aromatic nitrogens is 4. The van der Waals surface area contributed by atoms with Gasteiger partial charge < -0.3 is 10.5 Å². The third-order valence-electron chi connectivity index (χ3n) is 5.72. The molecule has 1 aliphatic heterocycles. The molecule has 1 amide bonds. The molecule has 0 spiro atoms. The van der Waals surface area contributed by atoms with E-state index in [0.29, 0.717) is 35.3 Å². The lowest BCUT2D eigenvalue weighted by Gasteiger charge is -2.26. The fourth-order valence-electron chi connectivity index (χ4n) is 4.02. The van der Waals surface area contributed by atoms with Crippen molar-refractivity contribution in [2.45, 2.75) is 45.1 Å². The Morgan fingerprint density at radius 3 is 2.75 bits per heavy atom. The van der Waals surface area contributed by atoms with Gasteiger partial charge in [-0.15, -0.1) is 21.5 Å². The van der Waals surface area contributed by atoms with E-state index in [1.807, 2.05) is 35.6 Å². The SMILES string of the molecule is Cc1ccc(-n2c(=O)c3c4c(sc3n3c(SCC(N)=O)nnc23)CO[C@@H](C(C)C)C4)cc1. The Balaban J connectivity index is 1.83. The second-order valence-corrected chi connectivity index (χ2v) is 10.4. The summed E-state index contributed by atoms with van der Waals surface area (Å²) in [6.45, 7) is 6.74. The number of carbonyl (C=O) groups is 1. The van der Waals surface area contributed by atoms with E-state index in [4.69, 9.17) is 10.5 Å². The predicted molar refractivity (Wildman–Crippen MR) is 126 cm³/mol. The number of thiophene rings is 1. The summed E-state index contributed by atoms with van der Waals surface area (Å²) in [5.41, 5.74) is 8.11.